The summed E-state index contributed by atoms with van der Waals surface area (Å²) in [5.41, 5.74) is 0. The molecule has 0 saturated heterocycles. The Kier molecular flexibility index (Phi) is 2.99. The van der Waals surface area contributed by atoms with Crippen LogP contribution in [0.2, 0.25) is 5.02 Å². The Morgan fingerprint density at radius 1 is 1.46 bits per heavy atom. The Morgan fingerprint density at radius 3 is 2.38 bits per heavy atom. The third-order valence-electron chi connectivity index (χ3n) is 1.37. The van der Waals surface area contributed by atoms with E-state index in [1.807, 2.05) is 0 Å². The van der Waals surface area contributed by atoms with Crippen LogP contribution in [-0.4, -0.2) is 14.7 Å². The monoisotopic (exact) mass is 286 g/mol. The molecule has 0 amide bonds. The fourth-order valence-electron chi connectivity index (χ4n) is 0.848. The maximum atomic E-state index is 13.0. The highest BCUT2D eigenvalue weighted by molar-refractivity contribution is 9.10. The van der Waals surface area contributed by atoms with E-state index < -0.39 is 20.5 Å². The molecule has 0 heterocycles. The van der Waals surface area contributed by atoms with Crippen LogP contribution in [0.4, 0.5) is 4.39 Å². The van der Waals surface area contributed by atoms with Gasteiger partial charge in [-0.05, 0) is 28.1 Å². The minimum absolute atomic E-state index is 0.123. The van der Waals surface area contributed by atoms with Gasteiger partial charge in [-0.1, -0.05) is 11.6 Å². The zero-order valence-corrected chi connectivity index (χ0v) is 9.67. The molecule has 0 bridgehead atoms. The second-order valence-electron chi connectivity index (χ2n) is 2.44. The molecule has 72 valence electrons. The van der Waals surface area contributed by atoms with Gasteiger partial charge in [0, 0.05) is 10.7 Å². The summed E-state index contributed by atoms with van der Waals surface area (Å²) in [4.78, 5) is -0.469. The van der Waals surface area contributed by atoms with E-state index >= 15 is 0 Å². The molecule has 0 spiro atoms. The molecule has 0 fully saturated rings. The Labute approximate surface area is 88.8 Å². The molecule has 0 aliphatic heterocycles. The van der Waals surface area contributed by atoms with Crippen molar-refractivity contribution in [3.05, 3.63) is 27.4 Å². The normalized spacial score (nSPS) is 11.7. The number of rotatable bonds is 1. The molecule has 0 N–H and O–H groups in total. The summed E-state index contributed by atoms with van der Waals surface area (Å²) in [5.74, 6) is -0.837. The summed E-state index contributed by atoms with van der Waals surface area (Å²) < 4.78 is 35.6. The summed E-state index contributed by atoms with van der Waals surface area (Å²) in [6.07, 6.45) is 0.906. The molecular weight excluding hydrogens is 282 g/mol. The summed E-state index contributed by atoms with van der Waals surface area (Å²) in [6.45, 7) is 0. The molecule has 1 aromatic carbocycles. The molecule has 0 unspecified atom stereocenters. The van der Waals surface area contributed by atoms with Crippen molar-refractivity contribution in [2.24, 2.45) is 0 Å². The van der Waals surface area contributed by atoms with E-state index in [2.05, 4.69) is 15.9 Å². The van der Waals surface area contributed by atoms with Crippen LogP contribution < -0.4 is 0 Å². The first-order valence-corrected chi connectivity index (χ1v) is 6.24. The smallest absolute Gasteiger partial charge is 0.179 e. The first kappa shape index (κ1) is 10.9. The summed E-state index contributed by atoms with van der Waals surface area (Å²) >= 11 is 8.63. The highest BCUT2D eigenvalue weighted by Gasteiger charge is 2.19. The molecule has 0 saturated carbocycles. The van der Waals surface area contributed by atoms with Gasteiger partial charge in [-0.3, -0.25) is 0 Å². The number of benzene rings is 1. The lowest BCUT2D eigenvalue weighted by Crippen LogP contribution is -2.02. The third kappa shape index (κ3) is 2.21. The molecule has 6 heteroatoms. The van der Waals surface area contributed by atoms with Crippen LogP contribution in [0.3, 0.4) is 0 Å². The lowest BCUT2D eigenvalue weighted by atomic mass is 10.3. The van der Waals surface area contributed by atoms with Crippen LogP contribution in [0, 0.1) is 5.82 Å². The number of halogens is 3. The highest BCUT2D eigenvalue weighted by Crippen LogP contribution is 2.31. The molecule has 0 aromatic heterocycles. The second kappa shape index (κ2) is 3.55. The summed E-state index contributed by atoms with van der Waals surface area (Å²) in [5, 5.41) is -0.123. The van der Waals surface area contributed by atoms with Crippen LogP contribution >= 0.6 is 27.5 Å². The summed E-state index contributed by atoms with van der Waals surface area (Å²) in [6, 6.07) is 2.40. The SMILES string of the molecule is CS(=O)(=O)c1c(F)ccc(Br)c1Cl. The first-order chi connectivity index (χ1) is 5.84. The van der Waals surface area contributed by atoms with Gasteiger partial charge in [0.25, 0.3) is 0 Å². The minimum atomic E-state index is -3.62. The van der Waals surface area contributed by atoms with Crippen molar-refractivity contribution >= 4 is 37.4 Å². The lowest BCUT2D eigenvalue weighted by Gasteiger charge is -2.04. The van der Waals surface area contributed by atoms with Crippen molar-refractivity contribution in [1.82, 2.24) is 0 Å². The van der Waals surface area contributed by atoms with Crippen molar-refractivity contribution < 1.29 is 12.8 Å². The molecular formula is C7H5BrClFO2S. The quantitative estimate of drug-likeness (QED) is 0.744. The van der Waals surface area contributed by atoms with Gasteiger partial charge in [-0.2, -0.15) is 0 Å². The second-order valence-corrected chi connectivity index (χ2v) is 5.63. The Hall–Kier alpha value is -0.130. The van der Waals surface area contributed by atoms with Gasteiger partial charge in [-0.25, -0.2) is 12.8 Å². The molecule has 1 rings (SSSR count). The predicted octanol–water partition coefficient (Wildman–Crippen LogP) is 2.65. The predicted molar refractivity (Wildman–Crippen MR) is 52.2 cm³/mol. The van der Waals surface area contributed by atoms with Gasteiger partial charge in [0.15, 0.2) is 9.84 Å². The van der Waals surface area contributed by atoms with E-state index in [-0.39, 0.29) is 5.02 Å². The molecule has 0 aliphatic rings. The van der Waals surface area contributed by atoms with E-state index in [9.17, 15) is 12.8 Å². The van der Waals surface area contributed by atoms with Crippen LogP contribution in [0.15, 0.2) is 21.5 Å². The average Bonchev–Trinajstić information content (AvgIpc) is 1.95. The summed E-state index contributed by atoms with van der Waals surface area (Å²) in [7, 11) is -3.62. The number of sulfone groups is 1. The van der Waals surface area contributed by atoms with Crippen molar-refractivity contribution in [3.63, 3.8) is 0 Å². The van der Waals surface area contributed by atoms with E-state index in [1.54, 1.807) is 0 Å². The fraction of sp³-hybridized carbons (Fsp3) is 0.143. The van der Waals surface area contributed by atoms with Crippen molar-refractivity contribution in [2.75, 3.05) is 6.26 Å². The zero-order chi connectivity index (χ0) is 10.2. The van der Waals surface area contributed by atoms with Gasteiger partial charge < -0.3 is 0 Å². The number of hydrogen-bond donors (Lipinski definition) is 0. The minimum Gasteiger partial charge on any atom is -0.224 e. The van der Waals surface area contributed by atoms with Crippen LogP contribution in [0.1, 0.15) is 0 Å². The van der Waals surface area contributed by atoms with Crippen molar-refractivity contribution in [3.8, 4) is 0 Å². The molecule has 1 aromatic rings. The molecule has 2 nitrogen and oxygen atoms in total. The van der Waals surface area contributed by atoms with Crippen LogP contribution in [0.25, 0.3) is 0 Å². The van der Waals surface area contributed by atoms with Crippen molar-refractivity contribution in [1.29, 1.82) is 0 Å². The molecule has 0 aliphatic carbocycles. The van der Waals surface area contributed by atoms with Gasteiger partial charge in [0.2, 0.25) is 0 Å². The van der Waals surface area contributed by atoms with E-state index in [0.29, 0.717) is 4.47 Å². The van der Waals surface area contributed by atoms with Gasteiger partial charge >= 0.3 is 0 Å². The van der Waals surface area contributed by atoms with E-state index in [4.69, 9.17) is 11.6 Å². The van der Waals surface area contributed by atoms with Crippen LogP contribution in [0.5, 0.6) is 0 Å². The Bertz CT molecular complexity index is 444. The van der Waals surface area contributed by atoms with Gasteiger partial charge in [0.05, 0.1) is 5.02 Å². The average molecular weight is 288 g/mol. The third-order valence-corrected chi connectivity index (χ3v) is 3.91. The van der Waals surface area contributed by atoms with E-state index in [0.717, 1.165) is 12.3 Å². The maximum absolute atomic E-state index is 13.0. The number of hydrogen-bond acceptors (Lipinski definition) is 2. The molecule has 0 atom stereocenters. The maximum Gasteiger partial charge on any atom is 0.179 e. The van der Waals surface area contributed by atoms with Gasteiger partial charge in [-0.15, -0.1) is 0 Å². The van der Waals surface area contributed by atoms with Crippen molar-refractivity contribution in [2.45, 2.75) is 4.90 Å². The van der Waals surface area contributed by atoms with Gasteiger partial charge in [0.1, 0.15) is 10.7 Å². The van der Waals surface area contributed by atoms with E-state index in [1.165, 1.54) is 6.07 Å². The Balaban J connectivity index is 3.62. The topological polar surface area (TPSA) is 34.1 Å². The zero-order valence-electron chi connectivity index (χ0n) is 6.51. The largest absolute Gasteiger partial charge is 0.224 e. The highest BCUT2D eigenvalue weighted by atomic mass is 79.9. The lowest BCUT2D eigenvalue weighted by molar-refractivity contribution is 0.570. The molecule has 0 radical (unpaired) electrons. The standard InChI is InChI=1S/C7H5BrClFO2S/c1-13(11,12)7-5(10)3-2-4(8)6(7)9/h2-3H,1H3. The fourth-order valence-corrected chi connectivity index (χ4v) is 2.74. The first-order valence-electron chi connectivity index (χ1n) is 3.17. The Morgan fingerprint density at radius 2 is 2.00 bits per heavy atom. The molecule has 13 heavy (non-hydrogen) atoms. The van der Waals surface area contributed by atoms with Crippen LogP contribution in [-0.2, 0) is 9.84 Å².